The number of hydrogen-bond donors (Lipinski definition) is 1. The number of fused-ring (bicyclic) bond motifs is 1. The number of para-hydroxylation sites is 1. The van der Waals surface area contributed by atoms with Crippen molar-refractivity contribution >= 4 is 77.5 Å². The Morgan fingerprint density at radius 3 is 2.29 bits per heavy atom. The van der Waals surface area contributed by atoms with Gasteiger partial charge in [0.2, 0.25) is 5.91 Å². The molecule has 41 heavy (non-hydrogen) atoms. The molecule has 220 valence electrons. The molecule has 3 rings (SSSR count). The number of carbonyl (C=O) groups excluding carboxylic acids is 5. The number of ether oxygens (including phenoxy) is 3. The van der Waals surface area contributed by atoms with Gasteiger partial charge >= 0.3 is 17.9 Å². The molecule has 16 heteroatoms. The lowest BCUT2D eigenvalue weighted by Gasteiger charge is -2.07. The van der Waals surface area contributed by atoms with E-state index in [1.54, 1.807) is 38.1 Å². The van der Waals surface area contributed by atoms with Crippen LogP contribution < -0.4 is 10.1 Å². The van der Waals surface area contributed by atoms with Crippen LogP contribution in [0, 0.1) is 6.92 Å². The van der Waals surface area contributed by atoms with E-state index in [2.05, 4.69) is 10.3 Å². The predicted octanol–water partition coefficient (Wildman–Crippen LogP) is 2.08. The van der Waals surface area contributed by atoms with E-state index in [9.17, 15) is 32.4 Å². The van der Waals surface area contributed by atoms with E-state index < -0.39 is 51.1 Å². The Kier molecular flexibility index (Phi) is 10.5. The number of benzene rings is 1. The van der Waals surface area contributed by atoms with Crippen LogP contribution in [0.1, 0.15) is 39.4 Å². The number of rotatable bonds is 11. The van der Waals surface area contributed by atoms with Gasteiger partial charge in [0.15, 0.2) is 14.6 Å². The summed E-state index contributed by atoms with van der Waals surface area (Å²) in [5.74, 6) is -6.40. The van der Waals surface area contributed by atoms with Crippen molar-refractivity contribution in [1.82, 2.24) is 4.57 Å². The van der Waals surface area contributed by atoms with Gasteiger partial charge in [-0.05, 0) is 38.5 Å². The summed E-state index contributed by atoms with van der Waals surface area (Å²) < 4.78 is 42.3. The second-order valence-corrected chi connectivity index (χ2v) is 12.4. The Bertz CT molecular complexity index is 1680. The fourth-order valence-electron chi connectivity index (χ4n) is 3.64. The van der Waals surface area contributed by atoms with Crippen molar-refractivity contribution < 1.29 is 46.6 Å². The van der Waals surface area contributed by atoms with Gasteiger partial charge in [-0.25, -0.2) is 18.0 Å². The molecule has 2 aromatic heterocycles. The monoisotopic (exact) mass is 625 g/mol. The first-order chi connectivity index (χ1) is 19.4. The van der Waals surface area contributed by atoms with Crippen molar-refractivity contribution in [2.45, 2.75) is 27.3 Å². The molecule has 0 aliphatic carbocycles. The summed E-state index contributed by atoms with van der Waals surface area (Å²) in [5.41, 5.74) is 0.710. The summed E-state index contributed by atoms with van der Waals surface area (Å²) in [6.07, 6.45) is 0. The molecule has 1 N–H and O–H groups in total. The Hall–Kier alpha value is -3.89. The maximum absolute atomic E-state index is 12.7. The number of thiophene rings is 1. The van der Waals surface area contributed by atoms with Crippen molar-refractivity contribution in [3.05, 3.63) is 45.1 Å². The molecule has 3 aromatic rings. The smallest absolute Gasteiger partial charge is 0.348 e. The molecular formula is C25H27N3O10S3. The number of sulfone groups is 1. The van der Waals surface area contributed by atoms with Gasteiger partial charge in [0.05, 0.1) is 36.1 Å². The van der Waals surface area contributed by atoms with Gasteiger partial charge in [0.1, 0.15) is 27.9 Å². The van der Waals surface area contributed by atoms with Crippen LogP contribution in [0.4, 0.5) is 5.00 Å². The molecule has 0 atom stereocenters. The number of aromatic nitrogens is 1. The Morgan fingerprint density at radius 2 is 1.63 bits per heavy atom. The number of hydrogen-bond acceptors (Lipinski definition) is 12. The molecule has 1 aromatic carbocycles. The molecule has 13 nitrogen and oxygen atoms in total. The topological polar surface area (TPSA) is 176 Å². The van der Waals surface area contributed by atoms with Crippen LogP contribution in [0.3, 0.4) is 0 Å². The molecular weight excluding hydrogens is 598 g/mol. The van der Waals surface area contributed by atoms with E-state index >= 15 is 0 Å². The fourth-order valence-corrected chi connectivity index (χ4v) is 6.80. The molecule has 0 fully saturated rings. The number of amides is 2. The van der Waals surface area contributed by atoms with Crippen molar-refractivity contribution in [2.75, 3.05) is 37.1 Å². The Balaban J connectivity index is 1.82. The molecule has 0 spiro atoms. The van der Waals surface area contributed by atoms with Gasteiger partial charge in [-0.3, -0.25) is 14.4 Å². The number of nitrogens with one attached hydrogen (secondary N) is 1. The molecule has 0 aliphatic heterocycles. The number of methoxy groups -OCH3 is 1. The standard InChI is InChI=1S/C25H27N3O10S3/c1-5-37-23(32)20-14(3)21(24(33)38-6-2)40-22(20)26-17(29)12-41(34,35)13-18(30)27-25-28(11-19(31)36-4)15-9-7-8-10-16(15)39-25/h7-10H,5-6,11-13H2,1-4H3,(H,26,29). The van der Waals surface area contributed by atoms with Gasteiger partial charge in [-0.1, -0.05) is 23.5 Å². The maximum Gasteiger partial charge on any atom is 0.348 e. The van der Waals surface area contributed by atoms with E-state index in [0.717, 1.165) is 22.7 Å². The van der Waals surface area contributed by atoms with Crippen LogP contribution >= 0.6 is 22.7 Å². The summed E-state index contributed by atoms with van der Waals surface area (Å²) in [5, 5.41) is 2.25. The van der Waals surface area contributed by atoms with Crippen LogP contribution in [0.2, 0.25) is 0 Å². The number of esters is 3. The predicted molar refractivity (Wildman–Crippen MR) is 151 cm³/mol. The lowest BCUT2D eigenvalue weighted by molar-refractivity contribution is -0.141. The third kappa shape index (κ3) is 7.86. The first kappa shape index (κ1) is 31.6. The van der Waals surface area contributed by atoms with Crippen LogP contribution in [0.15, 0.2) is 29.3 Å². The van der Waals surface area contributed by atoms with Gasteiger partial charge in [-0.2, -0.15) is 4.99 Å². The first-order valence-electron chi connectivity index (χ1n) is 12.1. The van der Waals surface area contributed by atoms with Crippen LogP contribution in [-0.2, 0) is 45.0 Å². The zero-order valence-electron chi connectivity index (χ0n) is 22.5. The minimum Gasteiger partial charge on any atom is -0.468 e. The normalized spacial score (nSPS) is 11.8. The number of nitrogens with zero attached hydrogens (tertiary/aromatic N) is 2. The highest BCUT2D eigenvalue weighted by molar-refractivity contribution is 7.92. The number of anilines is 1. The third-order valence-corrected chi connectivity index (χ3v) is 8.99. The van der Waals surface area contributed by atoms with Crippen LogP contribution in [0.5, 0.6) is 0 Å². The molecule has 2 amide bonds. The third-order valence-electron chi connectivity index (χ3n) is 5.36. The molecule has 0 saturated carbocycles. The van der Waals surface area contributed by atoms with Gasteiger partial charge in [0, 0.05) is 0 Å². The van der Waals surface area contributed by atoms with Crippen molar-refractivity contribution in [1.29, 1.82) is 0 Å². The van der Waals surface area contributed by atoms with E-state index in [0.29, 0.717) is 10.2 Å². The summed E-state index contributed by atoms with van der Waals surface area (Å²) in [4.78, 5) is 66.1. The fraction of sp³-hybridized carbons (Fsp3) is 0.360. The van der Waals surface area contributed by atoms with Gasteiger partial charge < -0.3 is 24.1 Å². The quantitative estimate of drug-likeness (QED) is 0.245. The molecule has 0 saturated heterocycles. The van der Waals surface area contributed by atoms with Crippen molar-refractivity contribution in [2.24, 2.45) is 4.99 Å². The van der Waals surface area contributed by atoms with Crippen LogP contribution in [0.25, 0.3) is 10.2 Å². The molecule has 2 heterocycles. The first-order valence-corrected chi connectivity index (χ1v) is 15.6. The molecule has 0 bridgehead atoms. The lowest BCUT2D eigenvalue weighted by atomic mass is 10.1. The second kappa shape index (κ2) is 13.6. The lowest BCUT2D eigenvalue weighted by Crippen LogP contribution is -2.29. The summed E-state index contributed by atoms with van der Waals surface area (Å²) in [7, 11) is -3.11. The summed E-state index contributed by atoms with van der Waals surface area (Å²) in [6.45, 7) is 4.51. The second-order valence-electron chi connectivity index (χ2n) is 8.30. The van der Waals surface area contributed by atoms with E-state index in [1.165, 1.54) is 18.6 Å². The summed E-state index contributed by atoms with van der Waals surface area (Å²) >= 11 is 1.82. The molecule has 0 unspecified atom stereocenters. The minimum absolute atomic E-state index is 0.0235. The van der Waals surface area contributed by atoms with Gasteiger partial charge in [0.25, 0.3) is 5.91 Å². The zero-order valence-corrected chi connectivity index (χ0v) is 25.0. The maximum atomic E-state index is 12.7. The Morgan fingerprint density at radius 1 is 0.976 bits per heavy atom. The van der Waals surface area contributed by atoms with Crippen molar-refractivity contribution in [3.63, 3.8) is 0 Å². The SMILES string of the molecule is CCOC(=O)c1sc(NC(=O)CS(=O)(=O)CC(=O)N=c2sc3ccccc3n2CC(=O)OC)c(C(=O)OCC)c1C. The molecule has 0 aliphatic rings. The average Bonchev–Trinajstić information content (AvgIpc) is 3.39. The molecule has 0 radical (unpaired) electrons. The number of thiazole rings is 1. The van der Waals surface area contributed by atoms with E-state index in [-0.39, 0.29) is 45.6 Å². The highest BCUT2D eigenvalue weighted by Crippen LogP contribution is 2.34. The highest BCUT2D eigenvalue weighted by atomic mass is 32.2. The Labute approximate surface area is 242 Å². The van der Waals surface area contributed by atoms with E-state index in [1.807, 2.05) is 0 Å². The van der Waals surface area contributed by atoms with E-state index in [4.69, 9.17) is 14.2 Å². The highest BCUT2D eigenvalue weighted by Gasteiger charge is 2.29. The number of carbonyl (C=O) groups is 5. The average molecular weight is 626 g/mol. The zero-order chi connectivity index (χ0) is 30.3. The van der Waals surface area contributed by atoms with Crippen molar-refractivity contribution in [3.8, 4) is 0 Å². The minimum atomic E-state index is -4.32. The summed E-state index contributed by atoms with van der Waals surface area (Å²) in [6, 6.07) is 6.95. The van der Waals surface area contributed by atoms with Gasteiger partial charge in [-0.15, -0.1) is 11.3 Å². The van der Waals surface area contributed by atoms with Crippen LogP contribution in [-0.4, -0.2) is 74.5 Å². The largest absolute Gasteiger partial charge is 0.468 e.